The smallest absolute Gasteiger partial charge is 0.315 e. The van der Waals surface area contributed by atoms with Gasteiger partial charge in [-0.25, -0.2) is 13.2 Å². The Labute approximate surface area is 141 Å². The molecule has 2 aliphatic heterocycles. The van der Waals surface area contributed by atoms with Crippen molar-refractivity contribution >= 4 is 27.7 Å². The number of carbonyl (C=O) groups excluding carboxylic acids is 3. The van der Waals surface area contributed by atoms with Crippen molar-refractivity contribution in [3.05, 3.63) is 0 Å². The lowest BCUT2D eigenvalue weighted by molar-refractivity contribution is -0.147. The number of sulfone groups is 1. The summed E-state index contributed by atoms with van der Waals surface area (Å²) >= 11 is 0. The molecule has 24 heavy (non-hydrogen) atoms. The number of carbonyl (C=O) groups is 3. The molecule has 3 unspecified atom stereocenters. The molecule has 2 aliphatic rings. The van der Waals surface area contributed by atoms with Gasteiger partial charge >= 0.3 is 6.03 Å². The van der Waals surface area contributed by atoms with Crippen molar-refractivity contribution < 1.29 is 22.8 Å². The van der Waals surface area contributed by atoms with Gasteiger partial charge in [0.25, 0.3) is 0 Å². The van der Waals surface area contributed by atoms with Gasteiger partial charge in [0.2, 0.25) is 11.8 Å². The van der Waals surface area contributed by atoms with E-state index in [1.807, 2.05) is 13.8 Å². The highest BCUT2D eigenvalue weighted by Crippen LogP contribution is 2.24. The molecule has 2 fully saturated rings. The maximum atomic E-state index is 12.5. The Bertz CT molecular complexity index is 633. The van der Waals surface area contributed by atoms with E-state index in [0.29, 0.717) is 13.0 Å². The van der Waals surface area contributed by atoms with Crippen LogP contribution >= 0.6 is 0 Å². The zero-order valence-corrected chi connectivity index (χ0v) is 14.9. The van der Waals surface area contributed by atoms with E-state index in [2.05, 4.69) is 16.0 Å². The molecule has 10 heteroatoms. The Kier molecular flexibility index (Phi) is 5.36. The number of nitrogens with one attached hydrogen (secondary N) is 3. The van der Waals surface area contributed by atoms with Gasteiger partial charge in [-0.3, -0.25) is 9.59 Å². The minimum absolute atomic E-state index is 0.0373. The van der Waals surface area contributed by atoms with Crippen LogP contribution < -0.4 is 16.0 Å². The van der Waals surface area contributed by atoms with Gasteiger partial charge in [0.05, 0.1) is 11.8 Å². The highest BCUT2D eigenvalue weighted by atomic mass is 32.2. The van der Waals surface area contributed by atoms with Gasteiger partial charge < -0.3 is 20.9 Å². The standard InChI is InChI=1S/C14H24N4O5S/c1-8(2)15-14(21)17-9-4-6-18-11(9)12(19)16-10(13(18)20)5-7-24(3,22)23/h8-11H,4-7H2,1-3H3,(H,16,19)(H2,15,17,21). The molecule has 2 heterocycles. The number of urea groups is 1. The zero-order chi connectivity index (χ0) is 18.1. The third-order valence-corrected chi connectivity index (χ3v) is 5.06. The lowest BCUT2D eigenvalue weighted by atomic mass is 10.0. The molecular weight excluding hydrogens is 336 g/mol. The van der Waals surface area contributed by atoms with Gasteiger partial charge in [0.1, 0.15) is 21.9 Å². The van der Waals surface area contributed by atoms with E-state index in [1.54, 1.807) is 0 Å². The molecule has 3 atom stereocenters. The predicted octanol–water partition coefficient (Wildman–Crippen LogP) is -1.40. The summed E-state index contributed by atoms with van der Waals surface area (Å²) in [6.07, 6.45) is 1.63. The van der Waals surface area contributed by atoms with Gasteiger partial charge in [-0.05, 0) is 26.7 Å². The second-order valence-corrected chi connectivity index (χ2v) is 8.88. The average Bonchev–Trinajstić information content (AvgIpc) is 2.83. The average molecular weight is 360 g/mol. The number of amides is 4. The van der Waals surface area contributed by atoms with E-state index >= 15 is 0 Å². The first-order valence-corrected chi connectivity index (χ1v) is 10.00. The summed E-state index contributed by atoms with van der Waals surface area (Å²) in [4.78, 5) is 38.1. The molecule has 3 N–H and O–H groups in total. The van der Waals surface area contributed by atoms with Crippen molar-refractivity contribution in [2.24, 2.45) is 0 Å². The lowest BCUT2D eigenvalue weighted by Gasteiger charge is -2.36. The monoisotopic (exact) mass is 360 g/mol. The summed E-state index contributed by atoms with van der Waals surface area (Å²) in [5.41, 5.74) is 0. The minimum atomic E-state index is -3.21. The van der Waals surface area contributed by atoms with Gasteiger partial charge in [-0.2, -0.15) is 0 Å². The number of hydrogen-bond donors (Lipinski definition) is 3. The van der Waals surface area contributed by atoms with Crippen LogP contribution in [0.5, 0.6) is 0 Å². The van der Waals surface area contributed by atoms with Gasteiger partial charge in [-0.1, -0.05) is 0 Å². The van der Waals surface area contributed by atoms with Crippen LogP contribution in [0.4, 0.5) is 4.79 Å². The maximum absolute atomic E-state index is 12.5. The molecule has 0 aromatic carbocycles. The Balaban J connectivity index is 2.01. The Morgan fingerprint density at radius 1 is 1.38 bits per heavy atom. The summed E-state index contributed by atoms with van der Waals surface area (Å²) < 4.78 is 22.5. The Morgan fingerprint density at radius 2 is 2.04 bits per heavy atom. The van der Waals surface area contributed by atoms with Gasteiger partial charge in [0, 0.05) is 18.8 Å². The largest absolute Gasteiger partial charge is 0.342 e. The van der Waals surface area contributed by atoms with Crippen LogP contribution in [0.1, 0.15) is 26.7 Å². The molecule has 0 aliphatic carbocycles. The van der Waals surface area contributed by atoms with Crippen LogP contribution in [0.15, 0.2) is 0 Å². The number of hydrogen-bond acceptors (Lipinski definition) is 5. The van der Waals surface area contributed by atoms with Gasteiger partial charge in [-0.15, -0.1) is 0 Å². The lowest BCUT2D eigenvalue weighted by Crippen LogP contribution is -2.65. The number of rotatable bonds is 5. The Morgan fingerprint density at radius 3 is 2.62 bits per heavy atom. The van der Waals surface area contributed by atoms with E-state index in [1.165, 1.54) is 4.90 Å². The topological polar surface area (TPSA) is 125 Å². The molecule has 0 aromatic rings. The Hall–Kier alpha value is -1.84. The van der Waals surface area contributed by atoms with E-state index in [0.717, 1.165) is 6.26 Å². The van der Waals surface area contributed by atoms with Crippen LogP contribution in [-0.4, -0.2) is 73.9 Å². The number of fused-ring (bicyclic) bond motifs is 1. The normalized spacial score (nSPS) is 27.0. The van der Waals surface area contributed by atoms with Crippen molar-refractivity contribution in [1.29, 1.82) is 0 Å². The second kappa shape index (κ2) is 6.96. The van der Waals surface area contributed by atoms with E-state index in [-0.39, 0.29) is 36.1 Å². The van der Waals surface area contributed by atoms with Crippen LogP contribution in [0.25, 0.3) is 0 Å². The van der Waals surface area contributed by atoms with Crippen LogP contribution in [0.3, 0.4) is 0 Å². The van der Waals surface area contributed by atoms with E-state index < -0.39 is 28.0 Å². The van der Waals surface area contributed by atoms with Crippen molar-refractivity contribution in [1.82, 2.24) is 20.9 Å². The van der Waals surface area contributed by atoms with E-state index in [9.17, 15) is 22.8 Å². The highest BCUT2D eigenvalue weighted by molar-refractivity contribution is 7.90. The van der Waals surface area contributed by atoms with E-state index in [4.69, 9.17) is 0 Å². The first-order chi connectivity index (χ1) is 11.1. The zero-order valence-electron chi connectivity index (χ0n) is 14.0. The molecule has 4 amide bonds. The second-order valence-electron chi connectivity index (χ2n) is 6.62. The van der Waals surface area contributed by atoms with Crippen molar-refractivity contribution in [3.8, 4) is 0 Å². The fourth-order valence-electron chi connectivity index (χ4n) is 3.03. The first kappa shape index (κ1) is 18.5. The predicted molar refractivity (Wildman–Crippen MR) is 87.0 cm³/mol. The van der Waals surface area contributed by atoms with Crippen LogP contribution in [0.2, 0.25) is 0 Å². The maximum Gasteiger partial charge on any atom is 0.315 e. The summed E-state index contributed by atoms with van der Waals surface area (Å²) in [5.74, 6) is -0.821. The molecule has 2 saturated heterocycles. The van der Waals surface area contributed by atoms with Crippen LogP contribution in [0, 0.1) is 0 Å². The first-order valence-electron chi connectivity index (χ1n) is 7.94. The molecule has 0 saturated carbocycles. The molecule has 2 rings (SSSR count). The summed E-state index contributed by atoms with van der Waals surface area (Å²) in [6.45, 7) is 4.01. The highest BCUT2D eigenvalue weighted by Gasteiger charge is 2.48. The van der Waals surface area contributed by atoms with Gasteiger partial charge in [0.15, 0.2) is 0 Å². The third-order valence-electron chi connectivity index (χ3n) is 4.08. The van der Waals surface area contributed by atoms with Crippen molar-refractivity contribution in [2.75, 3.05) is 18.6 Å². The number of piperazine rings is 1. The molecule has 0 spiro atoms. The van der Waals surface area contributed by atoms with Crippen molar-refractivity contribution in [2.45, 2.75) is 50.9 Å². The molecule has 9 nitrogen and oxygen atoms in total. The fourth-order valence-corrected chi connectivity index (χ4v) is 3.70. The molecule has 0 bridgehead atoms. The molecule has 0 aromatic heterocycles. The SMILES string of the molecule is CC(C)NC(=O)NC1CCN2C(=O)C(CCS(C)(=O)=O)NC(=O)C12. The molecule has 136 valence electrons. The summed E-state index contributed by atoms with van der Waals surface area (Å²) in [5, 5.41) is 8.00. The fraction of sp³-hybridized carbons (Fsp3) is 0.786. The summed E-state index contributed by atoms with van der Waals surface area (Å²) in [6, 6.07) is -2.44. The van der Waals surface area contributed by atoms with Crippen molar-refractivity contribution in [3.63, 3.8) is 0 Å². The third kappa shape index (κ3) is 4.37. The minimum Gasteiger partial charge on any atom is -0.342 e. The summed E-state index contributed by atoms with van der Waals surface area (Å²) in [7, 11) is -3.21. The molecular formula is C14H24N4O5S. The quantitative estimate of drug-likeness (QED) is 0.556. The molecule has 0 radical (unpaired) electrons. The number of nitrogens with zero attached hydrogens (tertiary/aromatic N) is 1. The van der Waals surface area contributed by atoms with Crippen LogP contribution in [-0.2, 0) is 19.4 Å².